The van der Waals surface area contributed by atoms with Gasteiger partial charge in [-0.15, -0.1) is 0 Å². The minimum absolute atomic E-state index is 0.517. The third kappa shape index (κ3) is 2.53. The summed E-state index contributed by atoms with van der Waals surface area (Å²) in [6, 6.07) is 15.9. The van der Waals surface area contributed by atoms with Crippen LogP contribution in [-0.4, -0.2) is 6.54 Å². The van der Waals surface area contributed by atoms with E-state index >= 15 is 0 Å². The highest BCUT2D eigenvalue weighted by Gasteiger charge is 2.12. The van der Waals surface area contributed by atoms with E-state index in [9.17, 15) is 0 Å². The fourth-order valence-corrected chi connectivity index (χ4v) is 2.17. The lowest BCUT2D eigenvalue weighted by molar-refractivity contribution is 1.02. The lowest BCUT2D eigenvalue weighted by atomic mass is 10.1. The zero-order chi connectivity index (χ0) is 13.8. The average Bonchev–Trinajstić information content (AvgIpc) is 2.41. The summed E-state index contributed by atoms with van der Waals surface area (Å²) in [6.07, 6.45) is 0. The standard InChI is InChI=1S/C16H17N3/c1-3-19(14-8-4-6-12(2)10-14)15-9-5-7-13(11-17)16(15)18/h4-10H,3,18H2,1-2H3. The topological polar surface area (TPSA) is 53.0 Å². The summed E-state index contributed by atoms with van der Waals surface area (Å²) in [7, 11) is 0. The first-order valence-electron chi connectivity index (χ1n) is 6.30. The highest BCUT2D eigenvalue weighted by molar-refractivity contribution is 5.79. The Morgan fingerprint density at radius 1 is 1.21 bits per heavy atom. The fraction of sp³-hybridized carbons (Fsp3) is 0.188. The summed E-state index contributed by atoms with van der Waals surface area (Å²) in [4.78, 5) is 2.11. The number of hydrogen-bond acceptors (Lipinski definition) is 3. The van der Waals surface area contributed by atoms with E-state index in [-0.39, 0.29) is 0 Å². The van der Waals surface area contributed by atoms with E-state index in [4.69, 9.17) is 11.0 Å². The quantitative estimate of drug-likeness (QED) is 0.848. The molecule has 2 aromatic rings. The lowest BCUT2D eigenvalue weighted by Gasteiger charge is -2.25. The van der Waals surface area contributed by atoms with Gasteiger partial charge in [-0.1, -0.05) is 18.2 Å². The number of para-hydroxylation sites is 1. The van der Waals surface area contributed by atoms with E-state index in [1.54, 1.807) is 6.07 Å². The van der Waals surface area contributed by atoms with Crippen molar-refractivity contribution in [3.05, 3.63) is 53.6 Å². The molecule has 0 aliphatic rings. The zero-order valence-electron chi connectivity index (χ0n) is 11.2. The molecule has 0 aliphatic heterocycles. The molecule has 3 nitrogen and oxygen atoms in total. The summed E-state index contributed by atoms with van der Waals surface area (Å²) >= 11 is 0. The second-order valence-corrected chi connectivity index (χ2v) is 4.43. The molecule has 2 rings (SSSR count). The summed E-state index contributed by atoms with van der Waals surface area (Å²) in [5.74, 6) is 0. The summed E-state index contributed by atoms with van der Waals surface area (Å²) < 4.78 is 0. The number of rotatable bonds is 3. The van der Waals surface area contributed by atoms with Crippen molar-refractivity contribution in [2.75, 3.05) is 17.2 Å². The van der Waals surface area contributed by atoms with Crippen molar-refractivity contribution in [3.63, 3.8) is 0 Å². The predicted molar refractivity (Wildman–Crippen MR) is 79.4 cm³/mol. The average molecular weight is 251 g/mol. The molecule has 0 saturated carbocycles. The van der Waals surface area contributed by atoms with Gasteiger partial charge in [0.15, 0.2) is 0 Å². The predicted octanol–water partition coefficient (Wildman–Crippen LogP) is 3.61. The molecule has 0 aromatic heterocycles. The Balaban J connectivity index is 2.52. The summed E-state index contributed by atoms with van der Waals surface area (Å²) in [5.41, 5.74) is 10.3. The first-order chi connectivity index (χ1) is 9.17. The van der Waals surface area contributed by atoms with Gasteiger partial charge in [-0.3, -0.25) is 0 Å². The largest absolute Gasteiger partial charge is 0.396 e. The van der Waals surface area contributed by atoms with Crippen LogP contribution in [0.1, 0.15) is 18.1 Å². The van der Waals surface area contributed by atoms with E-state index in [0.29, 0.717) is 11.3 Å². The Hall–Kier alpha value is -2.47. The van der Waals surface area contributed by atoms with E-state index in [1.165, 1.54) is 5.56 Å². The normalized spacial score (nSPS) is 9.95. The Labute approximate surface area is 113 Å². The van der Waals surface area contributed by atoms with Gasteiger partial charge in [0.05, 0.1) is 16.9 Å². The molecule has 0 spiro atoms. The van der Waals surface area contributed by atoms with Gasteiger partial charge in [-0.2, -0.15) is 5.26 Å². The minimum Gasteiger partial charge on any atom is -0.396 e. The third-order valence-corrected chi connectivity index (χ3v) is 3.12. The highest BCUT2D eigenvalue weighted by atomic mass is 15.1. The Morgan fingerprint density at radius 2 is 1.95 bits per heavy atom. The molecular formula is C16H17N3. The maximum absolute atomic E-state index is 9.06. The van der Waals surface area contributed by atoms with E-state index in [1.807, 2.05) is 18.2 Å². The molecule has 0 aliphatic carbocycles. The van der Waals surface area contributed by atoms with Crippen LogP contribution in [0.5, 0.6) is 0 Å². The van der Waals surface area contributed by atoms with Crippen molar-refractivity contribution < 1.29 is 0 Å². The molecule has 0 fully saturated rings. The van der Waals surface area contributed by atoms with Crippen LogP contribution in [0.2, 0.25) is 0 Å². The maximum Gasteiger partial charge on any atom is 0.101 e. The molecule has 96 valence electrons. The number of anilines is 3. The molecule has 0 radical (unpaired) electrons. The van der Waals surface area contributed by atoms with Crippen molar-refractivity contribution in [2.45, 2.75) is 13.8 Å². The second-order valence-electron chi connectivity index (χ2n) is 4.43. The first kappa shape index (κ1) is 13.0. The van der Waals surface area contributed by atoms with Gasteiger partial charge in [-0.25, -0.2) is 0 Å². The fourth-order valence-electron chi connectivity index (χ4n) is 2.17. The van der Waals surface area contributed by atoms with Crippen molar-refractivity contribution >= 4 is 17.1 Å². The number of nitrogens with zero attached hydrogens (tertiary/aromatic N) is 2. The number of nitrogens with two attached hydrogens (primary N) is 1. The molecule has 19 heavy (non-hydrogen) atoms. The molecule has 0 atom stereocenters. The number of aryl methyl sites for hydroxylation is 1. The molecule has 3 heteroatoms. The van der Waals surface area contributed by atoms with Crippen molar-refractivity contribution in [2.24, 2.45) is 0 Å². The molecule has 2 aromatic carbocycles. The van der Waals surface area contributed by atoms with Crippen molar-refractivity contribution in [3.8, 4) is 6.07 Å². The van der Waals surface area contributed by atoms with Gasteiger partial charge in [0.1, 0.15) is 6.07 Å². The van der Waals surface area contributed by atoms with Gasteiger partial charge in [0.2, 0.25) is 0 Å². The van der Waals surface area contributed by atoms with Crippen molar-refractivity contribution in [1.82, 2.24) is 0 Å². The first-order valence-corrected chi connectivity index (χ1v) is 6.30. The van der Waals surface area contributed by atoms with E-state index in [0.717, 1.165) is 17.9 Å². The third-order valence-electron chi connectivity index (χ3n) is 3.12. The van der Waals surface area contributed by atoms with Crippen LogP contribution >= 0.6 is 0 Å². The summed E-state index contributed by atoms with van der Waals surface area (Å²) in [6.45, 7) is 4.93. The molecule has 0 heterocycles. The monoisotopic (exact) mass is 251 g/mol. The van der Waals surface area contributed by atoms with Crippen molar-refractivity contribution in [1.29, 1.82) is 5.26 Å². The minimum atomic E-state index is 0.517. The van der Waals surface area contributed by atoms with Gasteiger partial charge in [-0.05, 0) is 43.7 Å². The lowest BCUT2D eigenvalue weighted by Crippen LogP contribution is -2.18. The van der Waals surface area contributed by atoms with E-state index in [2.05, 4.69) is 43.0 Å². The summed E-state index contributed by atoms with van der Waals surface area (Å²) in [5, 5.41) is 9.06. The zero-order valence-corrected chi connectivity index (χ0v) is 11.2. The van der Waals surface area contributed by atoms with Crippen LogP contribution < -0.4 is 10.6 Å². The number of nitriles is 1. The van der Waals surface area contributed by atoms with E-state index < -0.39 is 0 Å². The van der Waals surface area contributed by atoms with Crippen LogP contribution in [0.25, 0.3) is 0 Å². The number of hydrogen-bond donors (Lipinski definition) is 1. The smallest absolute Gasteiger partial charge is 0.101 e. The van der Waals surface area contributed by atoms with Gasteiger partial charge in [0, 0.05) is 12.2 Å². The molecule has 0 unspecified atom stereocenters. The SMILES string of the molecule is CCN(c1cccc(C)c1)c1cccc(C#N)c1N. The molecule has 0 saturated heterocycles. The maximum atomic E-state index is 9.06. The Morgan fingerprint density at radius 3 is 2.58 bits per heavy atom. The van der Waals surface area contributed by atoms with Gasteiger partial charge in [0.25, 0.3) is 0 Å². The molecular weight excluding hydrogens is 234 g/mol. The molecule has 2 N–H and O–H groups in total. The second kappa shape index (κ2) is 5.45. The molecule has 0 amide bonds. The van der Waals surface area contributed by atoms with Crippen LogP contribution in [0, 0.1) is 18.3 Å². The van der Waals surface area contributed by atoms with Crippen LogP contribution in [0.15, 0.2) is 42.5 Å². The Bertz CT molecular complexity index is 626. The number of nitrogen functional groups attached to an aromatic ring is 1. The highest BCUT2D eigenvalue weighted by Crippen LogP contribution is 2.32. The van der Waals surface area contributed by atoms with Gasteiger partial charge < -0.3 is 10.6 Å². The van der Waals surface area contributed by atoms with Crippen LogP contribution in [0.3, 0.4) is 0 Å². The van der Waals surface area contributed by atoms with Crippen LogP contribution in [0.4, 0.5) is 17.1 Å². The Kier molecular flexibility index (Phi) is 3.72. The molecule has 0 bridgehead atoms. The van der Waals surface area contributed by atoms with Crippen LogP contribution in [-0.2, 0) is 0 Å². The number of benzene rings is 2. The van der Waals surface area contributed by atoms with Gasteiger partial charge >= 0.3 is 0 Å².